The number of aryl methyl sites for hydroxylation is 1. The van der Waals surface area contributed by atoms with Gasteiger partial charge in [-0.2, -0.15) is 0 Å². The number of fused-ring (bicyclic) bond motifs is 1. The number of benzene rings is 1. The molecule has 2 aromatic rings. The topological polar surface area (TPSA) is 57.9 Å². The molecule has 0 spiro atoms. The molecule has 4 heteroatoms. The van der Waals surface area contributed by atoms with Gasteiger partial charge in [0.05, 0.1) is 17.2 Å². The first-order valence-electron chi connectivity index (χ1n) is 8.78. The van der Waals surface area contributed by atoms with E-state index in [4.69, 9.17) is 0 Å². The molecular formula is C19H27N2O2-. The number of unbranched alkanes of at least 4 members (excludes halogenated alkanes) is 6. The summed E-state index contributed by atoms with van der Waals surface area (Å²) in [5, 5.41) is 11.6. The van der Waals surface area contributed by atoms with E-state index in [0.29, 0.717) is 5.39 Å². The standard InChI is InChI=1S/C19H27N2O2/c1-16(22)11-7-5-3-2-4-6-10-14-21-15-20-18-13-9-8-12-17(18)19(21)23/h8-9,12-13,15-16H,2-7,10-11,14H2,1H3/q-1. The average Bonchev–Trinajstić information content (AvgIpc) is 2.55. The number of para-hydroxylation sites is 1. The number of rotatable bonds is 10. The van der Waals surface area contributed by atoms with Crippen LogP contribution in [0.2, 0.25) is 0 Å². The summed E-state index contributed by atoms with van der Waals surface area (Å²) in [5.41, 5.74) is 0.823. The number of nitrogens with zero attached hydrogens (tertiary/aromatic N) is 2. The van der Waals surface area contributed by atoms with Crippen molar-refractivity contribution in [3.63, 3.8) is 0 Å². The average molecular weight is 315 g/mol. The van der Waals surface area contributed by atoms with Crippen molar-refractivity contribution in [2.45, 2.75) is 70.9 Å². The Bertz CT molecular complexity index is 649. The summed E-state index contributed by atoms with van der Waals surface area (Å²) < 4.78 is 1.72. The molecule has 0 aliphatic heterocycles. The Morgan fingerprint density at radius 1 is 1.04 bits per heavy atom. The number of hydrogen-bond acceptors (Lipinski definition) is 3. The normalized spacial score (nSPS) is 12.6. The van der Waals surface area contributed by atoms with E-state index in [1.807, 2.05) is 24.3 Å². The van der Waals surface area contributed by atoms with Gasteiger partial charge in [0.25, 0.3) is 5.56 Å². The van der Waals surface area contributed by atoms with Crippen LogP contribution in [0.3, 0.4) is 0 Å². The third-order valence-corrected chi connectivity index (χ3v) is 4.24. The Labute approximate surface area is 138 Å². The second-order valence-electron chi connectivity index (χ2n) is 6.33. The summed E-state index contributed by atoms with van der Waals surface area (Å²) in [6.07, 6.45) is 10.1. The molecular weight excluding hydrogens is 288 g/mol. The summed E-state index contributed by atoms with van der Waals surface area (Å²) >= 11 is 0. The lowest BCUT2D eigenvalue weighted by atomic mass is 10.1. The van der Waals surface area contributed by atoms with E-state index in [2.05, 4.69) is 4.98 Å². The van der Waals surface area contributed by atoms with Gasteiger partial charge in [-0.1, -0.05) is 64.0 Å². The molecule has 1 aromatic heterocycles. The van der Waals surface area contributed by atoms with Crippen molar-refractivity contribution in [1.29, 1.82) is 0 Å². The van der Waals surface area contributed by atoms with Crippen molar-refractivity contribution in [2.24, 2.45) is 0 Å². The van der Waals surface area contributed by atoms with Crippen molar-refractivity contribution in [3.8, 4) is 0 Å². The summed E-state index contributed by atoms with van der Waals surface area (Å²) in [6, 6.07) is 7.48. The zero-order valence-electron chi connectivity index (χ0n) is 14.0. The van der Waals surface area contributed by atoms with Gasteiger partial charge in [-0.15, -0.1) is 6.10 Å². The van der Waals surface area contributed by atoms with Crippen LogP contribution in [0.25, 0.3) is 10.9 Å². The van der Waals surface area contributed by atoms with Crippen LogP contribution in [0, 0.1) is 0 Å². The van der Waals surface area contributed by atoms with Gasteiger partial charge < -0.3 is 5.11 Å². The Morgan fingerprint density at radius 3 is 2.43 bits per heavy atom. The van der Waals surface area contributed by atoms with Gasteiger partial charge in [0, 0.05) is 6.54 Å². The lowest BCUT2D eigenvalue weighted by molar-refractivity contribution is -0.415. The minimum atomic E-state index is -0.413. The highest BCUT2D eigenvalue weighted by atomic mass is 16.3. The molecule has 1 atom stereocenters. The van der Waals surface area contributed by atoms with Crippen LogP contribution in [0.1, 0.15) is 58.3 Å². The Morgan fingerprint density at radius 2 is 1.70 bits per heavy atom. The molecule has 0 bridgehead atoms. The van der Waals surface area contributed by atoms with E-state index in [-0.39, 0.29) is 5.56 Å². The molecule has 0 fully saturated rings. The highest BCUT2D eigenvalue weighted by molar-refractivity contribution is 5.76. The van der Waals surface area contributed by atoms with Crippen LogP contribution in [0.4, 0.5) is 0 Å². The summed E-state index contributed by atoms with van der Waals surface area (Å²) in [4.78, 5) is 16.7. The molecule has 0 saturated heterocycles. The Kier molecular flexibility index (Phi) is 7.27. The minimum Gasteiger partial charge on any atom is -0.852 e. The van der Waals surface area contributed by atoms with Gasteiger partial charge in [-0.25, -0.2) is 4.98 Å². The van der Waals surface area contributed by atoms with Gasteiger partial charge in [-0.3, -0.25) is 9.36 Å². The fraction of sp³-hybridized carbons (Fsp3) is 0.579. The highest BCUT2D eigenvalue weighted by Gasteiger charge is 2.02. The van der Waals surface area contributed by atoms with Crippen LogP contribution in [0.5, 0.6) is 0 Å². The first-order chi connectivity index (χ1) is 11.2. The maximum absolute atomic E-state index is 12.3. The summed E-state index contributed by atoms with van der Waals surface area (Å²) in [5.74, 6) is 0. The van der Waals surface area contributed by atoms with E-state index < -0.39 is 6.10 Å². The van der Waals surface area contributed by atoms with Crippen molar-refractivity contribution in [1.82, 2.24) is 9.55 Å². The van der Waals surface area contributed by atoms with E-state index in [9.17, 15) is 9.90 Å². The smallest absolute Gasteiger partial charge is 0.261 e. The maximum Gasteiger partial charge on any atom is 0.261 e. The molecule has 1 unspecified atom stereocenters. The monoisotopic (exact) mass is 315 g/mol. The second-order valence-corrected chi connectivity index (χ2v) is 6.33. The maximum atomic E-state index is 12.3. The van der Waals surface area contributed by atoms with Gasteiger partial charge in [0.15, 0.2) is 0 Å². The molecule has 0 saturated carbocycles. The van der Waals surface area contributed by atoms with Crippen LogP contribution in [0.15, 0.2) is 35.4 Å². The predicted molar refractivity (Wildman–Crippen MR) is 92.4 cm³/mol. The highest BCUT2D eigenvalue weighted by Crippen LogP contribution is 2.10. The van der Waals surface area contributed by atoms with Crippen molar-refractivity contribution in [3.05, 3.63) is 40.9 Å². The fourth-order valence-electron chi connectivity index (χ4n) is 2.86. The SMILES string of the molecule is CC([O-])CCCCCCCCCn1cnc2ccccc2c1=O. The van der Waals surface area contributed by atoms with Crippen molar-refractivity contribution in [2.75, 3.05) is 0 Å². The van der Waals surface area contributed by atoms with Gasteiger partial charge >= 0.3 is 0 Å². The molecule has 1 aromatic carbocycles. The molecule has 0 amide bonds. The lowest BCUT2D eigenvalue weighted by Gasteiger charge is -2.14. The quantitative estimate of drug-likeness (QED) is 0.632. The molecule has 2 rings (SSSR count). The molecule has 0 aliphatic carbocycles. The van der Waals surface area contributed by atoms with Crippen LogP contribution < -0.4 is 10.7 Å². The molecule has 0 radical (unpaired) electrons. The Balaban J connectivity index is 1.65. The number of aromatic nitrogens is 2. The van der Waals surface area contributed by atoms with Gasteiger partial charge in [0.1, 0.15) is 0 Å². The molecule has 23 heavy (non-hydrogen) atoms. The van der Waals surface area contributed by atoms with Gasteiger partial charge in [-0.05, 0) is 18.6 Å². The molecule has 4 nitrogen and oxygen atoms in total. The van der Waals surface area contributed by atoms with Crippen LogP contribution >= 0.6 is 0 Å². The largest absolute Gasteiger partial charge is 0.852 e. The van der Waals surface area contributed by atoms with E-state index in [1.165, 1.54) is 25.7 Å². The zero-order valence-corrected chi connectivity index (χ0v) is 14.0. The minimum absolute atomic E-state index is 0.0577. The fourth-order valence-corrected chi connectivity index (χ4v) is 2.86. The first-order valence-corrected chi connectivity index (χ1v) is 8.78. The summed E-state index contributed by atoms with van der Waals surface area (Å²) in [6.45, 7) is 2.48. The molecule has 1 heterocycles. The van der Waals surface area contributed by atoms with E-state index in [0.717, 1.165) is 37.7 Å². The Hall–Kier alpha value is -1.68. The summed E-state index contributed by atoms with van der Waals surface area (Å²) in [7, 11) is 0. The van der Waals surface area contributed by atoms with E-state index in [1.54, 1.807) is 17.8 Å². The van der Waals surface area contributed by atoms with E-state index >= 15 is 0 Å². The predicted octanol–water partition coefficient (Wildman–Crippen LogP) is 3.27. The molecule has 0 N–H and O–H groups in total. The van der Waals surface area contributed by atoms with Gasteiger partial charge in [0.2, 0.25) is 0 Å². The third-order valence-electron chi connectivity index (χ3n) is 4.24. The zero-order chi connectivity index (χ0) is 16.5. The van der Waals surface area contributed by atoms with Crippen LogP contribution in [-0.4, -0.2) is 15.7 Å². The number of hydrogen-bond donors (Lipinski definition) is 0. The van der Waals surface area contributed by atoms with Crippen LogP contribution in [-0.2, 0) is 6.54 Å². The lowest BCUT2D eigenvalue weighted by Crippen LogP contribution is -2.20. The molecule has 126 valence electrons. The third kappa shape index (κ3) is 5.79. The first kappa shape index (κ1) is 17.7. The second kappa shape index (κ2) is 9.46. The molecule has 0 aliphatic rings. The van der Waals surface area contributed by atoms with Crippen molar-refractivity contribution >= 4 is 10.9 Å². The van der Waals surface area contributed by atoms with Crippen molar-refractivity contribution < 1.29 is 5.11 Å².